The molecule has 1 rings (SSSR count). The van der Waals surface area contributed by atoms with Crippen LogP contribution < -0.4 is 0 Å². The molecule has 78 valence electrons. The third-order valence-corrected chi connectivity index (χ3v) is 1.38. The quantitative estimate of drug-likeness (QED) is 0.691. The number of carbonyl (C=O) groups is 1. The van der Waals surface area contributed by atoms with E-state index in [1.165, 1.54) is 0 Å². The summed E-state index contributed by atoms with van der Waals surface area (Å²) >= 11 is 0. The number of alkyl halides is 3. The molecule has 8 heteroatoms. The lowest BCUT2D eigenvalue weighted by molar-refractivity contribution is -0.00251. The van der Waals surface area contributed by atoms with Crippen LogP contribution in [0.15, 0.2) is 6.33 Å². The molecule has 1 heterocycles. The average Bonchev–Trinajstić information content (AvgIpc) is 2.63. The van der Waals surface area contributed by atoms with Crippen molar-refractivity contribution in [3.8, 4) is 0 Å². The Balaban J connectivity index is 2.98. The van der Waals surface area contributed by atoms with E-state index in [1.54, 1.807) is 0 Å². The molecule has 1 aromatic heterocycles. The molecule has 0 fully saturated rings. The molecule has 0 aliphatic carbocycles. The topological polar surface area (TPSA) is 57.0 Å². The van der Waals surface area contributed by atoms with E-state index in [9.17, 15) is 18.0 Å². The third kappa shape index (κ3) is 1.83. The summed E-state index contributed by atoms with van der Waals surface area (Å²) in [5, 5.41) is 3.16. The molecule has 0 spiro atoms. The van der Waals surface area contributed by atoms with Gasteiger partial charge >= 0.3 is 5.97 Å². The first-order valence-corrected chi connectivity index (χ1v) is 3.48. The maximum Gasteiger partial charge on any atom is 0.375 e. The summed E-state index contributed by atoms with van der Waals surface area (Å²) in [4.78, 5) is 14.2. The smallest absolute Gasteiger partial charge is 0.375 e. The molecule has 0 aromatic carbocycles. The van der Waals surface area contributed by atoms with Gasteiger partial charge in [0.05, 0.1) is 7.11 Å². The first-order chi connectivity index (χ1) is 6.57. The highest BCUT2D eigenvalue weighted by Crippen LogP contribution is 2.18. The fourth-order valence-electron chi connectivity index (χ4n) is 0.775. The number of halogens is 3. The monoisotopic (exact) mass is 209 g/mol. The van der Waals surface area contributed by atoms with Crippen LogP contribution in [0, 0.1) is 0 Å². The largest absolute Gasteiger partial charge is 0.463 e. The van der Waals surface area contributed by atoms with Gasteiger partial charge in [-0.1, -0.05) is 0 Å². The summed E-state index contributed by atoms with van der Waals surface area (Å²) in [6, 6.07) is 0. The van der Waals surface area contributed by atoms with E-state index in [2.05, 4.69) is 14.8 Å². The van der Waals surface area contributed by atoms with Gasteiger partial charge in [-0.05, 0) is 0 Å². The zero-order chi connectivity index (χ0) is 10.7. The Morgan fingerprint density at radius 3 is 2.71 bits per heavy atom. The van der Waals surface area contributed by atoms with Crippen molar-refractivity contribution in [3.05, 3.63) is 12.2 Å². The van der Waals surface area contributed by atoms with E-state index >= 15 is 0 Å². The fourth-order valence-corrected chi connectivity index (χ4v) is 0.775. The molecular weight excluding hydrogens is 203 g/mol. The van der Waals surface area contributed by atoms with Crippen molar-refractivity contribution in [2.24, 2.45) is 0 Å². The predicted octanol–water partition coefficient (Wildman–Crippen LogP) is 0.798. The van der Waals surface area contributed by atoms with Crippen molar-refractivity contribution in [1.82, 2.24) is 14.8 Å². The second-order valence-electron chi connectivity index (χ2n) is 2.23. The fraction of sp³-hybridized carbons (Fsp3) is 0.500. The van der Waals surface area contributed by atoms with Crippen LogP contribution in [-0.2, 0) is 4.74 Å². The maximum atomic E-state index is 12.8. The molecular formula is C6H6F3N3O2. The van der Waals surface area contributed by atoms with Gasteiger partial charge in [-0.3, -0.25) is 0 Å². The van der Waals surface area contributed by atoms with Gasteiger partial charge in [-0.2, -0.15) is 9.78 Å². The lowest BCUT2D eigenvalue weighted by Gasteiger charge is -2.08. The van der Waals surface area contributed by atoms with Crippen molar-refractivity contribution < 1.29 is 22.7 Å². The number of aromatic nitrogens is 3. The lowest BCUT2D eigenvalue weighted by Crippen LogP contribution is -2.20. The second-order valence-corrected chi connectivity index (χ2v) is 2.23. The van der Waals surface area contributed by atoms with Gasteiger partial charge in [0.2, 0.25) is 5.82 Å². The number of methoxy groups -OCH3 is 1. The summed E-state index contributed by atoms with van der Waals surface area (Å²) in [5.41, 5.74) is 0. The average molecular weight is 209 g/mol. The molecule has 0 N–H and O–H groups in total. The Hall–Kier alpha value is -1.60. The second kappa shape index (κ2) is 4.07. The molecule has 0 amide bonds. The number of hydrogen-bond donors (Lipinski definition) is 0. The van der Waals surface area contributed by atoms with Crippen molar-refractivity contribution in [2.45, 2.75) is 12.7 Å². The predicted molar refractivity (Wildman–Crippen MR) is 37.5 cm³/mol. The normalized spacial score (nSPS) is 12.9. The van der Waals surface area contributed by atoms with E-state index in [0.717, 1.165) is 13.4 Å². The van der Waals surface area contributed by atoms with Crippen LogP contribution >= 0.6 is 0 Å². The highest BCUT2D eigenvalue weighted by Gasteiger charge is 2.27. The minimum Gasteiger partial charge on any atom is -0.463 e. The molecule has 1 aromatic rings. The Bertz CT molecular complexity index is 328. The molecule has 5 nitrogen and oxygen atoms in total. The van der Waals surface area contributed by atoms with Gasteiger partial charge in [0.25, 0.3) is 12.7 Å². The van der Waals surface area contributed by atoms with Gasteiger partial charge in [0.15, 0.2) is 0 Å². The molecule has 1 unspecified atom stereocenters. The molecule has 0 aliphatic heterocycles. The summed E-state index contributed by atoms with van der Waals surface area (Å²) < 4.78 is 41.0. The van der Waals surface area contributed by atoms with Crippen LogP contribution in [0.3, 0.4) is 0 Å². The highest BCUT2D eigenvalue weighted by molar-refractivity contribution is 5.85. The molecule has 0 bridgehead atoms. The van der Waals surface area contributed by atoms with Gasteiger partial charge in [0, 0.05) is 0 Å². The maximum absolute atomic E-state index is 12.8. The Morgan fingerprint density at radius 2 is 2.21 bits per heavy atom. The number of rotatable bonds is 3. The van der Waals surface area contributed by atoms with Crippen molar-refractivity contribution >= 4 is 5.97 Å². The number of ether oxygens (including phenoxy) is 1. The van der Waals surface area contributed by atoms with Crippen LogP contribution in [0.1, 0.15) is 16.9 Å². The van der Waals surface area contributed by atoms with E-state index < -0.39 is 24.5 Å². The SMILES string of the molecule is COC(=O)c1ncnn1C(F)C(F)F. The zero-order valence-corrected chi connectivity index (χ0v) is 7.02. The van der Waals surface area contributed by atoms with Gasteiger partial charge in [-0.15, -0.1) is 0 Å². The van der Waals surface area contributed by atoms with Gasteiger partial charge < -0.3 is 4.74 Å². The molecule has 14 heavy (non-hydrogen) atoms. The van der Waals surface area contributed by atoms with Gasteiger partial charge in [0.1, 0.15) is 6.33 Å². The summed E-state index contributed by atoms with van der Waals surface area (Å²) in [6.07, 6.45) is -5.19. The van der Waals surface area contributed by atoms with Crippen molar-refractivity contribution in [1.29, 1.82) is 0 Å². The van der Waals surface area contributed by atoms with Gasteiger partial charge in [-0.25, -0.2) is 22.9 Å². The van der Waals surface area contributed by atoms with E-state index in [1.807, 2.05) is 0 Å². The van der Waals surface area contributed by atoms with E-state index in [0.29, 0.717) is 0 Å². The van der Waals surface area contributed by atoms with E-state index in [-0.39, 0.29) is 4.68 Å². The molecule has 0 saturated carbocycles. The first-order valence-electron chi connectivity index (χ1n) is 3.48. The van der Waals surface area contributed by atoms with Crippen LogP contribution in [0.4, 0.5) is 13.2 Å². The Morgan fingerprint density at radius 1 is 1.57 bits per heavy atom. The lowest BCUT2D eigenvalue weighted by atomic mass is 10.5. The minimum absolute atomic E-state index is 0.177. The van der Waals surface area contributed by atoms with Crippen LogP contribution in [0.5, 0.6) is 0 Å². The van der Waals surface area contributed by atoms with E-state index in [4.69, 9.17) is 0 Å². The van der Waals surface area contributed by atoms with Crippen LogP contribution in [0.2, 0.25) is 0 Å². The summed E-state index contributed by atoms with van der Waals surface area (Å²) in [5.74, 6) is -1.62. The third-order valence-electron chi connectivity index (χ3n) is 1.38. The molecule has 0 radical (unpaired) electrons. The molecule has 0 aliphatic rings. The van der Waals surface area contributed by atoms with Crippen molar-refractivity contribution in [2.75, 3.05) is 7.11 Å². The molecule has 0 saturated heterocycles. The minimum atomic E-state index is -3.28. The highest BCUT2D eigenvalue weighted by atomic mass is 19.3. The zero-order valence-electron chi connectivity index (χ0n) is 7.02. The number of esters is 1. The number of nitrogens with zero attached hydrogens (tertiary/aromatic N) is 3. The summed E-state index contributed by atoms with van der Waals surface area (Å²) in [7, 11) is 1.02. The number of hydrogen-bond acceptors (Lipinski definition) is 4. The molecule has 1 atom stereocenters. The summed E-state index contributed by atoms with van der Waals surface area (Å²) in [6.45, 7) is 0. The Kier molecular flexibility index (Phi) is 3.05. The standard InChI is InChI=1S/C6H6F3N3O2/c1-14-6(13)5-10-2-11-12(5)4(9)3(7)8/h2-4H,1H3. The first kappa shape index (κ1) is 10.5. The number of carbonyl (C=O) groups excluding carboxylic acids is 1. The van der Waals surface area contributed by atoms with Crippen LogP contribution in [0.25, 0.3) is 0 Å². The Labute approximate surface area is 76.5 Å². The van der Waals surface area contributed by atoms with Crippen LogP contribution in [-0.4, -0.2) is 34.3 Å². The van der Waals surface area contributed by atoms with Crippen molar-refractivity contribution in [3.63, 3.8) is 0 Å².